The molecule has 0 aliphatic carbocycles. The maximum atomic E-state index is 12.3. The zero-order valence-electron chi connectivity index (χ0n) is 14.3. The second kappa shape index (κ2) is 8.63. The summed E-state index contributed by atoms with van der Waals surface area (Å²) in [6.45, 7) is 4.09. The van der Waals surface area contributed by atoms with Crippen LogP contribution in [0.2, 0.25) is 0 Å². The van der Waals surface area contributed by atoms with Crippen LogP contribution in [0, 0.1) is 0 Å². The van der Waals surface area contributed by atoms with E-state index in [1.54, 1.807) is 7.05 Å². The molecule has 138 valence electrons. The fraction of sp³-hybridized carbons (Fsp3) is 0.857. The molecular formula is C14H27N5O4S. The molecule has 2 fully saturated rings. The largest absolute Gasteiger partial charge is 0.368 e. The zero-order valence-corrected chi connectivity index (χ0v) is 15.1. The minimum atomic E-state index is -3.18. The Labute approximate surface area is 143 Å². The van der Waals surface area contributed by atoms with Crippen LogP contribution in [0.3, 0.4) is 0 Å². The van der Waals surface area contributed by atoms with E-state index in [-0.39, 0.29) is 12.0 Å². The first-order valence-electron chi connectivity index (χ1n) is 8.21. The van der Waals surface area contributed by atoms with E-state index in [2.05, 4.69) is 19.9 Å². The summed E-state index contributed by atoms with van der Waals surface area (Å²) in [7, 11) is -1.49. The molecule has 1 atom stereocenters. The minimum Gasteiger partial charge on any atom is -0.368 e. The highest BCUT2D eigenvalue weighted by molar-refractivity contribution is 7.88. The number of ether oxygens (including phenoxy) is 1. The van der Waals surface area contributed by atoms with Crippen molar-refractivity contribution in [3.05, 3.63) is 0 Å². The van der Waals surface area contributed by atoms with Crippen molar-refractivity contribution in [2.45, 2.75) is 18.9 Å². The van der Waals surface area contributed by atoms with Gasteiger partial charge in [-0.05, 0) is 12.8 Å². The summed E-state index contributed by atoms with van der Waals surface area (Å²) in [4.78, 5) is 20.5. The number of hydrogen-bond donors (Lipinski definition) is 2. The van der Waals surface area contributed by atoms with Crippen LogP contribution >= 0.6 is 0 Å². The quantitative estimate of drug-likeness (QED) is 0.349. The average molecular weight is 361 g/mol. The zero-order chi connectivity index (χ0) is 17.6. The Morgan fingerprint density at radius 2 is 1.88 bits per heavy atom. The first-order valence-corrected chi connectivity index (χ1v) is 10.1. The number of piperazine rings is 1. The van der Waals surface area contributed by atoms with Gasteiger partial charge < -0.3 is 19.9 Å². The van der Waals surface area contributed by atoms with Crippen molar-refractivity contribution in [3.63, 3.8) is 0 Å². The van der Waals surface area contributed by atoms with E-state index in [1.165, 1.54) is 0 Å². The Kier molecular flexibility index (Phi) is 6.81. The van der Waals surface area contributed by atoms with Crippen LogP contribution in [0.25, 0.3) is 0 Å². The Morgan fingerprint density at radius 3 is 2.42 bits per heavy atom. The van der Waals surface area contributed by atoms with Gasteiger partial charge >= 0.3 is 0 Å². The summed E-state index contributed by atoms with van der Waals surface area (Å²) in [6, 6.07) is 0. The van der Waals surface area contributed by atoms with Gasteiger partial charge in [-0.3, -0.25) is 9.79 Å². The van der Waals surface area contributed by atoms with Crippen molar-refractivity contribution >= 4 is 21.9 Å². The van der Waals surface area contributed by atoms with Crippen LogP contribution in [0.1, 0.15) is 12.8 Å². The van der Waals surface area contributed by atoms with Gasteiger partial charge in [-0.2, -0.15) is 0 Å². The summed E-state index contributed by atoms with van der Waals surface area (Å²) in [5, 5.41) is 3.13. The van der Waals surface area contributed by atoms with Gasteiger partial charge in [0.1, 0.15) is 6.10 Å². The lowest BCUT2D eigenvalue weighted by atomic mass is 10.2. The number of hydrogen-bond acceptors (Lipinski definition) is 5. The molecule has 2 N–H and O–H groups in total. The van der Waals surface area contributed by atoms with Crippen molar-refractivity contribution in [2.75, 3.05) is 59.2 Å². The number of carbonyl (C=O) groups is 1. The predicted molar refractivity (Wildman–Crippen MR) is 91.3 cm³/mol. The summed E-state index contributed by atoms with van der Waals surface area (Å²) in [5.41, 5.74) is 0. The smallest absolute Gasteiger partial charge is 0.251 e. The number of nitrogens with zero attached hydrogens (tertiary/aromatic N) is 3. The number of guanidine groups is 1. The van der Waals surface area contributed by atoms with Crippen LogP contribution in [0.5, 0.6) is 0 Å². The molecule has 0 bridgehead atoms. The van der Waals surface area contributed by atoms with Gasteiger partial charge in [-0.1, -0.05) is 0 Å². The molecule has 2 heterocycles. The summed E-state index contributed by atoms with van der Waals surface area (Å²) < 4.78 is 29.9. The Balaban J connectivity index is 1.74. The number of amides is 1. The lowest BCUT2D eigenvalue weighted by Gasteiger charge is -2.37. The molecule has 2 aliphatic heterocycles. The summed E-state index contributed by atoms with van der Waals surface area (Å²) in [6.07, 6.45) is 2.63. The van der Waals surface area contributed by atoms with Gasteiger partial charge in [-0.15, -0.1) is 0 Å². The lowest BCUT2D eigenvalue weighted by molar-refractivity contribution is -0.142. The molecule has 0 spiro atoms. The third-order valence-electron chi connectivity index (χ3n) is 4.08. The Bertz CT molecular complexity index is 552. The molecule has 24 heavy (non-hydrogen) atoms. The standard InChI is InChI=1S/C14H27N5O4S/c1-15-14(16-5-6-17-24(2,21)22)19-9-7-18(8-10-19)13(20)12-4-3-11-23-12/h12,17H,3-11H2,1-2H3,(H,15,16). The molecule has 2 saturated heterocycles. The molecule has 0 aromatic rings. The fourth-order valence-electron chi connectivity index (χ4n) is 2.86. The number of rotatable bonds is 5. The van der Waals surface area contributed by atoms with Gasteiger partial charge in [-0.25, -0.2) is 13.1 Å². The topological polar surface area (TPSA) is 103 Å². The van der Waals surface area contributed by atoms with Crippen molar-refractivity contribution in [3.8, 4) is 0 Å². The van der Waals surface area contributed by atoms with Gasteiger partial charge in [0.25, 0.3) is 5.91 Å². The SMILES string of the molecule is CN=C(NCCNS(C)(=O)=O)N1CCN(C(=O)C2CCCO2)CC1. The van der Waals surface area contributed by atoms with E-state index in [4.69, 9.17) is 4.74 Å². The highest BCUT2D eigenvalue weighted by Crippen LogP contribution is 2.16. The predicted octanol–water partition coefficient (Wildman–Crippen LogP) is -1.57. The number of sulfonamides is 1. The molecule has 0 aromatic carbocycles. The molecule has 2 rings (SSSR count). The minimum absolute atomic E-state index is 0.0902. The van der Waals surface area contributed by atoms with E-state index in [9.17, 15) is 13.2 Å². The molecular weight excluding hydrogens is 334 g/mol. The van der Waals surface area contributed by atoms with Crippen molar-refractivity contribution in [1.82, 2.24) is 19.8 Å². The molecule has 0 saturated carbocycles. The molecule has 1 unspecified atom stereocenters. The van der Waals surface area contributed by atoms with Crippen molar-refractivity contribution in [1.29, 1.82) is 0 Å². The van der Waals surface area contributed by atoms with Crippen LogP contribution in [0.15, 0.2) is 4.99 Å². The second-order valence-corrected chi connectivity index (χ2v) is 7.79. The maximum Gasteiger partial charge on any atom is 0.251 e. The van der Waals surface area contributed by atoms with E-state index in [0.29, 0.717) is 45.9 Å². The molecule has 1 amide bonds. The van der Waals surface area contributed by atoms with Crippen molar-refractivity contribution < 1.29 is 17.9 Å². The van der Waals surface area contributed by atoms with E-state index >= 15 is 0 Å². The van der Waals surface area contributed by atoms with E-state index in [0.717, 1.165) is 25.1 Å². The third-order valence-corrected chi connectivity index (χ3v) is 4.81. The molecule has 2 aliphatic rings. The van der Waals surface area contributed by atoms with Crippen LogP contribution in [-0.2, 0) is 19.6 Å². The number of aliphatic imine (C=N–C) groups is 1. The normalized spacial score (nSPS) is 22.8. The van der Waals surface area contributed by atoms with Gasteiger partial charge in [0.15, 0.2) is 5.96 Å². The maximum absolute atomic E-state index is 12.3. The lowest BCUT2D eigenvalue weighted by Crippen LogP contribution is -2.55. The van der Waals surface area contributed by atoms with Gasteiger partial charge in [0, 0.05) is 52.9 Å². The van der Waals surface area contributed by atoms with Gasteiger partial charge in [0.2, 0.25) is 10.0 Å². The van der Waals surface area contributed by atoms with Crippen LogP contribution in [0.4, 0.5) is 0 Å². The highest BCUT2D eigenvalue weighted by atomic mass is 32.2. The van der Waals surface area contributed by atoms with Crippen LogP contribution < -0.4 is 10.0 Å². The van der Waals surface area contributed by atoms with Crippen LogP contribution in [-0.4, -0.2) is 95.4 Å². The van der Waals surface area contributed by atoms with Gasteiger partial charge in [0.05, 0.1) is 6.26 Å². The fourth-order valence-corrected chi connectivity index (χ4v) is 3.33. The number of carbonyl (C=O) groups excluding carboxylic acids is 1. The van der Waals surface area contributed by atoms with Crippen molar-refractivity contribution in [2.24, 2.45) is 4.99 Å². The average Bonchev–Trinajstić information content (AvgIpc) is 3.08. The summed E-state index contributed by atoms with van der Waals surface area (Å²) >= 11 is 0. The molecule has 0 radical (unpaired) electrons. The Morgan fingerprint density at radius 1 is 1.21 bits per heavy atom. The highest BCUT2D eigenvalue weighted by Gasteiger charge is 2.30. The monoisotopic (exact) mass is 361 g/mol. The second-order valence-electron chi connectivity index (χ2n) is 5.95. The first kappa shape index (κ1) is 18.9. The third kappa shape index (κ3) is 5.60. The van der Waals surface area contributed by atoms with E-state index < -0.39 is 10.0 Å². The molecule has 0 aromatic heterocycles. The molecule has 9 nitrogen and oxygen atoms in total. The Hall–Kier alpha value is -1.39. The first-order chi connectivity index (χ1) is 11.4. The molecule has 10 heteroatoms. The van der Waals surface area contributed by atoms with E-state index in [1.807, 2.05) is 4.90 Å². The number of nitrogens with one attached hydrogen (secondary N) is 2. The summed E-state index contributed by atoms with van der Waals surface area (Å²) in [5.74, 6) is 0.807.